The topological polar surface area (TPSA) is 0 Å². The van der Waals surface area contributed by atoms with Gasteiger partial charge in [-0.2, -0.15) is 0 Å². The third-order valence-corrected chi connectivity index (χ3v) is 17.7. The predicted octanol–water partition coefficient (Wildman–Crippen LogP) is 11.1. The zero-order valence-electron chi connectivity index (χ0n) is 27.3. The second-order valence-corrected chi connectivity index (χ2v) is 21.3. The van der Waals surface area contributed by atoms with Gasteiger partial charge in [-0.1, -0.05) is 0 Å². The quantitative estimate of drug-likeness (QED) is 0.175. The minimum absolute atomic E-state index is 0.0109. The zero-order chi connectivity index (χ0) is 31.6. The van der Waals surface area contributed by atoms with Crippen LogP contribution in [0.25, 0.3) is 11.1 Å². The van der Waals surface area contributed by atoms with Crippen LogP contribution >= 0.6 is 23.2 Å². The number of halogens is 2. The van der Waals surface area contributed by atoms with Gasteiger partial charge in [0.1, 0.15) is 0 Å². The van der Waals surface area contributed by atoms with Gasteiger partial charge in [-0.3, -0.25) is 0 Å². The fraction of sp³-hybridized carbons (Fsp3) is 0.293. The average molecular weight is 697 g/mol. The van der Waals surface area contributed by atoms with Crippen molar-refractivity contribution in [2.24, 2.45) is 0 Å². The van der Waals surface area contributed by atoms with Crippen LogP contribution in [0.1, 0.15) is 92.5 Å². The summed E-state index contributed by atoms with van der Waals surface area (Å²) >= 11 is 10.5. The molecule has 4 aromatic carbocycles. The van der Waals surface area contributed by atoms with E-state index in [1.54, 1.807) is 12.1 Å². The maximum absolute atomic E-state index is 6.71. The average Bonchev–Trinajstić information content (AvgIpc) is 3.58. The Morgan fingerprint density at radius 1 is 0.727 bits per heavy atom. The number of rotatable bonds is 4. The van der Waals surface area contributed by atoms with E-state index in [0.717, 1.165) is 22.9 Å². The molecular formula is C41H42Cl2Zr. The fourth-order valence-electron chi connectivity index (χ4n) is 7.36. The second-order valence-electron chi connectivity index (χ2n) is 14.5. The number of hydrogen-bond acceptors (Lipinski definition) is 0. The van der Waals surface area contributed by atoms with Crippen LogP contribution in [0, 0.1) is 13.8 Å². The van der Waals surface area contributed by atoms with Gasteiger partial charge in [0.2, 0.25) is 0 Å². The van der Waals surface area contributed by atoms with Gasteiger partial charge < -0.3 is 0 Å². The number of allylic oxidation sites excluding steroid dienone is 4. The van der Waals surface area contributed by atoms with Gasteiger partial charge in [-0.05, 0) is 0 Å². The first-order valence-electron chi connectivity index (χ1n) is 15.7. The maximum atomic E-state index is 6.71. The van der Waals surface area contributed by atoms with Gasteiger partial charge in [0, 0.05) is 0 Å². The van der Waals surface area contributed by atoms with E-state index in [0.29, 0.717) is 0 Å². The van der Waals surface area contributed by atoms with Gasteiger partial charge in [0.15, 0.2) is 0 Å². The summed E-state index contributed by atoms with van der Waals surface area (Å²) in [6, 6.07) is 24.5. The first kappa shape index (κ1) is 31.7. The summed E-state index contributed by atoms with van der Waals surface area (Å²) in [5, 5.41) is 1.54. The molecule has 0 aliphatic heterocycles. The molecule has 0 saturated heterocycles. The third kappa shape index (κ3) is 5.86. The third-order valence-electron chi connectivity index (χ3n) is 9.24. The van der Waals surface area contributed by atoms with Crippen molar-refractivity contribution in [2.45, 2.75) is 79.1 Å². The van der Waals surface area contributed by atoms with Crippen molar-refractivity contribution in [1.29, 1.82) is 0 Å². The molecule has 224 valence electrons. The molecule has 3 heteroatoms. The summed E-state index contributed by atoms with van der Waals surface area (Å²) < 4.78 is 4.68. The van der Waals surface area contributed by atoms with Crippen molar-refractivity contribution in [2.75, 3.05) is 0 Å². The fourth-order valence-corrected chi connectivity index (χ4v) is 16.1. The molecule has 4 aromatic rings. The van der Waals surface area contributed by atoms with Gasteiger partial charge in [-0.25, -0.2) is 0 Å². The van der Waals surface area contributed by atoms with E-state index < -0.39 is 21.3 Å². The van der Waals surface area contributed by atoms with E-state index in [2.05, 4.69) is 128 Å². The molecule has 2 aliphatic rings. The molecule has 0 saturated carbocycles. The minimum atomic E-state index is -2.89. The van der Waals surface area contributed by atoms with E-state index >= 15 is 0 Å². The standard InChI is InChI=1S/C23H29.C13H8Cl2.C5H5.Zr/c1-14-9-16-11-17-10-15(2)21(23(6,7)8)13-19(17)18(16)12-20(14)22(3,4)5;14-12-5-1-3-10(8-12)7-11-4-2-6-13(15)9-11;1-2-4-5-3-1;/h9,12-13H,11H2,1-8H3;1-6,8-9H;1-3H,4H2;. The molecule has 0 aromatic heterocycles. The van der Waals surface area contributed by atoms with Gasteiger partial charge in [0.05, 0.1) is 0 Å². The molecule has 0 fully saturated rings. The van der Waals surface area contributed by atoms with Crippen molar-refractivity contribution >= 4 is 29.7 Å². The summed E-state index contributed by atoms with van der Waals surface area (Å²) in [6.45, 7) is 18.8. The molecule has 0 heterocycles. The first-order chi connectivity index (χ1) is 20.7. The van der Waals surface area contributed by atoms with Crippen LogP contribution in [-0.2, 0) is 38.5 Å². The molecule has 0 unspecified atom stereocenters. The van der Waals surface area contributed by atoms with Crippen molar-refractivity contribution in [3.8, 4) is 11.1 Å². The molecule has 6 rings (SSSR count). The summed E-state index contributed by atoms with van der Waals surface area (Å²) in [6.07, 6.45) is 9.01. The van der Waals surface area contributed by atoms with Crippen molar-refractivity contribution in [3.63, 3.8) is 0 Å². The Morgan fingerprint density at radius 2 is 1.32 bits per heavy atom. The molecule has 2 aliphatic carbocycles. The second kappa shape index (κ2) is 11.8. The van der Waals surface area contributed by atoms with E-state index in [-0.39, 0.29) is 10.8 Å². The Labute approximate surface area is 282 Å². The predicted molar refractivity (Wildman–Crippen MR) is 189 cm³/mol. The van der Waals surface area contributed by atoms with E-state index in [9.17, 15) is 0 Å². The van der Waals surface area contributed by atoms with Gasteiger partial charge in [0.25, 0.3) is 0 Å². The van der Waals surface area contributed by atoms with Crippen LogP contribution in [0.4, 0.5) is 0 Å². The van der Waals surface area contributed by atoms with E-state index in [1.807, 2.05) is 12.1 Å². The van der Waals surface area contributed by atoms with E-state index in [1.165, 1.54) is 53.3 Å². The van der Waals surface area contributed by atoms with Gasteiger partial charge in [-0.15, -0.1) is 0 Å². The van der Waals surface area contributed by atoms with Crippen molar-refractivity contribution in [3.05, 3.63) is 143 Å². The Balaban J connectivity index is 1.78. The molecule has 0 amide bonds. The molecule has 0 nitrogen and oxygen atoms in total. The molecule has 0 N–H and O–H groups in total. The number of fused-ring (bicyclic) bond motifs is 3. The Morgan fingerprint density at radius 3 is 1.84 bits per heavy atom. The number of benzene rings is 4. The molecule has 44 heavy (non-hydrogen) atoms. The van der Waals surface area contributed by atoms with Gasteiger partial charge >= 0.3 is 284 Å². The molecule has 0 spiro atoms. The monoisotopic (exact) mass is 694 g/mol. The molecular weight excluding hydrogens is 655 g/mol. The normalized spacial score (nSPS) is 14.0. The summed E-state index contributed by atoms with van der Waals surface area (Å²) in [5.41, 5.74) is 14.2. The van der Waals surface area contributed by atoms with Crippen molar-refractivity contribution in [1.82, 2.24) is 0 Å². The molecule has 0 radical (unpaired) electrons. The summed E-state index contributed by atoms with van der Waals surface area (Å²) in [5.74, 6) is 0. The van der Waals surface area contributed by atoms with Crippen LogP contribution in [0.2, 0.25) is 10.0 Å². The SMILES string of the molecule is Cc1cc2c(cc1C(C)(C)C)-c1cc(C(C)(C)C)c(C)[c]([Zr]([C]3=CC=CC3)=[C](c3cccc(Cl)c3)c3cccc(Cl)c3)c1C2. The van der Waals surface area contributed by atoms with Crippen LogP contribution in [0.15, 0.2) is 88.2 Å². The molecule has 0 bridgehead atoms. The Bertz CT molecular complexity index is 1860. The summed E-state index contributed by atoms with van der Waals surface area (Å²) in [7, 11) is 0. The van der Waals surface area contributed by atoms with Crippen LogP contribution < -0.4 is 3.27 Å². The van der Waals surface area contributed by atoms with E-state index in [4.69, 9.17) is 23.2 Å². The Hall–Kier alpha value is -2.31. The number of aryl methyl sites for hydroxylation is 1. The first-order valence-corrected chi connectivity index (χ1v) is 20.1. The van der Waals surface area contributed by atoms with Crippen molar-refractivity contribution < 1.29 is 21.3 Å². The van der Waals surface area contributed by atoms with Crippen LogP contribution in [0.3, 0.4) is 0 Å². The molecule has 0 atom stereocenters. The Kier molecular flexibility index (Phi) is 8.50. The number of hydrogen-bond donors (Lipinski definition) is 0. The van der Waals surface area contributed by atoms with Crippen LogP contribution in [0.5, 0.6) is 0 Å². The zero-order valence-corrected chi connectivity index (χ0v) is 31.2. The van der Waals surface area contributed by atoms with Crippen LogP contribution in [-0.4, -0.2) is 3.21 Å². The summed E-state index contributed by atoms with van der Waals surface area (Å²) in [4.78, 5) is 0.